The molecular weight excluding hydrogens is 605 g/mol. The first-order valence-corrected chi connectivity index (χ1v) is 17.3. The molecule has 4 nitrogen and oxygen atoms in total. The van der Waals surface area contributed by atoms with Crippen LogP contribution in [0.5, 0.6) is 0 Å². The molecule has 232 valence electrons. The summed E-state index contributed by atoms with van der Waals surface area (Å²) in [6.45, 7) is 1.60. The van der Waals surface area contributed by atoms with Gasteiger partial charge in [-0.1, -0.05) is 140 Å². The van der Waals surface area contributed by atoms with E-state index in [1.807, 2.05) is 11.3 Å². The Hall–Kier alpha value is -5.30. The van der Waals surface area contributed by atoms with Crippen molar-refractivity contribution in [3.8, 4) is 11.1 Å². The van der Waals surface area contributed by atoms with Gasteiger partial charge in [-0.15, -0.1) is 11.3 Å². The molecule has 9 rings (SSSR count). The van der Waals surface area contributed by atoms with E-state index in [0.717, 1.165) is 24.5 Å². The van der Waals surface area contributed by atoms with E-state index in [1.54, 1.807) is 0 Å². The molecule has 1 aromatic heterocycles. The van der Waals surface area contributed by atoms with Crippen LogP contribution in [0.4, 0.5) is 11.4 Å². The molecule has 0 bridgehead atoms. The maximum absolute atomic E-state index is 3.90. The van der Waals surface area contributed by atoms with E-state index in [4.69, 9.17) is 0 Å². The highest BCUT2D eigenvalue weighted by molar-refractivity contribution is 7.25. The third-order valence-electron chi connectivity index (χ3n) is 9.37. The monoisotopic (exact) mass is 638 g/mol. The molecule has 2 heterocycles. The lowest BCUT2D eigenvalue weighted by Gasteiger charge is -2.51. The van der Waals surface area contributed by atoms with Crippen LogP contribution in [0, 0.1) is 0 Å². The van der Waals surface area contributed by atoms with E-state index in [9.17, 15) is 0 Å². The lowest BCUT2D eigenvalue weighted by atomic mass is 9.99. The van der Waals surface area contributed by atoms with Crippen molar-refractivity contribution in [2.45, 2.75) is 19.3 Å². The molecule has 8 aromatic rings. The molecule has 5 heteroatoms. The smallest absolute Gasteiger partial charge is 0.118 e. The average molecular weight is 639 g/mol. The zero-order chi connectivity index (χ0) is 31.9. The molecule has 0 spiro atoms. The molecule has 1 saturated heterocycles. The standard InChI is InChI=1S/C43H34N4S/c1-4-14-30(15-5-1)28-46-43(32-18-8-3-9-19-32)47(45-46)29-33-24-25-39(35-21-11-10-20-34(33)35)44-40-27-42-38(36-22-12-13-23-41(36)48-42)26-37(40)31-16-6-2-7-17-31/h1-27,43-45H,28-29H2. The number of anilines is 2. The Bertz CT molecular complexity index is 2370. The Morgan fingerprint density at radius 3 is 1.96 bits per heavy atom. The number of hydrogen-bond acceptors (Lipinski definition) is 5. The van der Waals surface area contributed by atoms with Crippen molar-refractivity contribution in [2.24, 2.45) is 0 Å². The summed E-state index contributed by atoms with van der Waals surface area (Å²) in [6.07, 6.45) is 0.129. The van der Waals surface area contributed by atoms with E-state index < -0.39 is 0 Å². The Kier molecular flexibility index (Phi) is 7.45. The summed E-state index contributed by atoms with van der Waals surface area (Å²) in [5.41, 5.74) is 12.1. The van der Waals surface area contributed by atoms with Gasteiger partial charge in [0.15, 0.2) is 0 Å². The van der Waals surface area contributed by atoms with E-state index in [-0.39, 0.29) is 6.17 Å². The summed E-state index contributed by atoms with van der Waals surface area (Å²) in [5.74, 6) is 0. The summed E-state index contributed by atoms with van der Waals surface area (Å²) in [7, 11) is 0. The van der Waals surface area contributed by atoms with Crippen LogP contribution in [-0.4, -0.2) is 10.0 Å². The van der Waals surface area contributed by atoms with Gasteiger partial charge < -0.3 is 5.32 Å². The molecule has 1 fully saturated rings. The second-order valence-electron chi connectivity index (χ2n) is 12.4. The molecule has 2 N–H and O–H groups in total. The van der Waals surface area contributed by atoms with Crippen molar-refractivity contribution in [1.29, 1.82) is 0 Å². The third kappa shape index (κ3) is 5.33. The fourth-order valence-corrected chi connectivity index (χ4v) is 8.19. The van der Waals surface area contributed by atoms with Crippen molar-refractivity contribution < 1.29 is 0 Å². The van der Waals surface area contributed by atoms with Gasteiger partial charge in [-0.3, -0.25) is 0 Å². The molecule has 7 aromatic carbocycles. The molecule has 0 saturated carbocycles. The largest absolute Gasteiger partial charge is 0.354 e. The number of nitrogens with zero attached hydrogens (tertiary/aromatic N) is 2. The lowest BCUT2D eigenvalue weighted by molar-refractivity contribution is -0.214. The Balaban J connectivity index is 1.07. The first kappa shape index (κ1) is 28.9. The number of hydrazine groups is 2. The third-order valence-corrected chi connectivity index (χ3v) is 10.5. The molecule has 0 radical (unpaired) electrons. The van der Waals surface area contributed by atoms with Crippen LogP contribution >= 0.6 is 11.3 Å². The van der Waals surface area contributed by atoms with Crippen LogP contribution in [0.3, 0.4) is 0 Å². The zero-order valence-corrected chi connectivity index (χ0v) is 27.2. The summed E-state index contributed by atoms with van der Waals surface area (Å²) in [4.78, 5) is 0. The lowest BCUT2D eigenvalue weighted by Crippen LogP contribution is -2.66. The summed E-state index contributed by atoms with van der Waals surface area (Å²) >= 11 is 1.85. The SMILES string of the molecule is c1ccc(CN2NN(Cc3ccc(Nc4cc5sc6ccccc6c5cc4-c4ccccc4)c4ccccc34)C2c2ccccc2)cc1. The van der Waals surface area contributed by atoms with Gasteiger partial charge in [-0.2, -0.15) is 5.53 Å². The minimum atomic E-state index is 0.129. The second-order valence-corrected chi connectivity index (χ2v) is 13.5. The number of benzene rings is 7. The van der Waals surface area contributed by atoms with E-state index in [1.165, 1.54) is 58.8 Å². The van der Waals surface area contributed by atoms with Crippen LogP contribution in [-0.2, 0) is 13.1 Å². The molecule has 0 aliphatic carbocycles. The van der Waals surface area contributed by atoms with Crippen LogP contribution < -0.4 is 10.9 Å². The molecule has 1 aliphatic rings. The number of fused-ring (bicyclic) bond motifs is 4. The molecule has 1 unspecified atom stereocenters. The molecule has 0 amide bonds. The molecular formula is C43H34N4S. The molecule has 1 atom stereocenters. The summed E-state index contributed by atoms with van der Waals surface area (Å²) in [5, 5.41) is 13.6. The topological polar surface area (TPSA) is 30.5 Å². The molecule has 1 aliphatic heterocycles. The van der Waals surface area contributed by atoms with Gasteiger partial charge in [-0.25, -0.2) is 10.0 Å². The summed E-state index contributed by atoms with van der Waals surface area (Å²) < 4.78 is 2.60. The van der Waals surface area contributed by atoms with Crippen LogP contribution in [0.1, 0.15) is 22.9 Å². The van der Waals surface area contributed by atoms with Crippen molar-refractivity contribution in [3.63, 3.8) is 0 Å². The first-order chi connectivity index (χ1) is 23.8. The van der Waals surface area contributed by atoms with E-state index in [2.05, 4.69) is 185 Å². The van der Waals surface area contributed by atoms with Gasteiger partial charge in [0.1, 0.15) is 6.17 Å². The highest BCUT2D eigenvalue weighted by Gasteiger charge is 2.37. The predicted octanol–water partition coefficient (Wildman–Crippen LogP) is 11.1. The first-order valence-electron chi connectivity index (χ1n) is 16.5. The quantitative estimate of drug-likeness (QED) is 0.173. The van der Waals surface area contributed by atoms with Crippen LogP contribution in [0.2, 0.25) is 0 Å². The van der Waals surface area contributed by atoms with Gasteiger partial charge >= 0.3 is 0 Å². The van der Waals surface area contributed by atoms with Crippen molar-refractivity contribution in [2.75, 3.05) is 5.32 Å². The van der Waals surface area contributed by atoms with Gasteiger partial charge in [0, 0.05) is 55.6 Å². The fourth-order valence-electron chi connectivity index (χ4n) is 7.06. The van der Waals surface area contributed by atoms with Crippen molar-refractivity contribution in [1.82, 2.24) is 15.6 Å². The van der Waals surface area contributed by atoms with Crippen LogP contribution in [0.25, 0.3) is 42.1 Å². The number of thiophene rings is 1. The van der Waals surface area contributed by atoms with Gasteiger partial charge in [0.05, 0.1) is 0 Å². The fraction of sp³-hybridized carbons (Fsp3) is 0.0698. The minimum absolute atomic E-state index is 0.129. The highest BCUT2D eigenvalue weighted by Crippen LogP contribution is 2.42. The minimum Gasteiger partial charge on any atom is -0.354 e. The van der Waals surface area contributed by atoms with E-state index in [0.29, 0.717) is 0 Å². The van der Waals surface area contributed by atoms with Gasteiger partial charge in [0.25, 0.3) is 0 Å². The van der Waals surface area contributed by atoms with E-state index >= 15 is 0 Å². The number of hydrogen-bond donors (Lipinski definition) is 2. The molecule has 48 heavy (non-hydrogen) atoms. The van der Waals surface area contributed by atoms with Crippen molar-refractivity contribution in [3.05, 3.63) is 180 Å². The highest BCUT2D eigenvalue weighted by atomic mass is 32.1. The Labute approximate surface area is 284 Å². The second kappa shape index (κ2) is 12.4. The van der Waals surface area contributed by atoms with Crippen LogP contribution in [0.15, 0.2) is 164 Å². The average Bonchev–Trinajstić information content (AvgIpc) is 3.50. The Morgan fingerprint density at radius 2 is 1.17 bits per heavy atom. The zero-order valence-electron chi connectivity index (χ0n) is 26.4. The maximum Gasteiger partial charge on any atom is 0.118 e. The maximum atomic E-state index is 3.90. The Morgan fingerprint density at radius 1 is 0.521 bits per heavy atom. The number of nitrogens with one attached hydrogen (secondary N) is 2. The van der Waals surface area contributed by atoms with Gasteiger partial charge in [0.2, 0.25) is 0 Å². The normalized spacial score (nSPS) is 15.2. The predicted molar refractivity (Wildman–Crippen MR) is 202 cm³/mol. The number of rotatable bonds is 8. The van der Waals surface area contributed by atoms with Crippen molar-refractivity contribution >= 4 is 53.7 Å². The van der Waals surface area contributed by atoms with Gasteiger partial charge in [-0.05, 0) is 51.9 Å². The summed E-state index contributed by atoms with van der Waals surface area (Å²) in [6, 6.07) is 58.9.